The minimum Gasteiger partial charge on any atom is -0.455 e. The van der Waals surface area contributed by atoms with E-state index in [0.29, 0.717) is 0 Å². The highest BCUT2D eigenvalue weighted by Crippen LogP contribution is 2.68. The van der Waals surface area contributed by atoms with Crippen LogP contribution in [0.25, 0.3) is 86.3 Å². The molecule has 1 aliphatic heterocycles. The fourth-order valence-corrected chi connectivity index (χ4v) is 14.5. The third-order valence-corrected chi connectivity index (χ3v) is 17.7. The lowest BCUT2D eigenvalue weighted by molar-refractivity contribution is 0.662. The number of furan rings is 1. The summed E-state index contributed by atoms with van der Waals surface area (Å²) in [5.41, 5.74) is 16.1. The van der Waals surface area contributed by atoms with Crippen molar-refractivity contribution in [2.75, 3.05) is 17.4 Å². The standard InChI is InChI=1S/C57H41NOS2/c1-57(2)48-18-9-7-14-41(48)44-17-11-16-39(54(44)57)35-20-23-36(24-21-35)58(38-25-28-43-42-15-8-10-19-51(42)61(3,4)52(43)33-38)37-26-29-47-50(32-37)60-49-31-30-46-45-27-22-34-12-5-6-13-40(34)55(45)59-56(46)53(47)49/h5-33H,1-4H3. The predicted molar refractivity (Wildman–Crippen MR) is 263 cm³/mol. The summed E-state index contributed by atoms with van der Waals surface area (Å²) in [5, 5.41) is 7.10. The smallest absolute Gasteiger partial charge is 0.144 e. The van der Waals surface area contributed by atoms with Gasteiger partial charge in [-0.15, -0.1) is 11.3 Å². The lowest BCUT2D eigenvalue weighted by atomic mass is 9.79. The van der Waals surface area contributed by atoms with Gasteiger partial charge in [0, 0.05) is 68.6 Å². The molecule has 0 atom stereocenters. The van der Waals surface area contributed by atoms with E-state index in [9.17, 15) is 0 Å². The Morgan fingerprint density at radius 3 is 2.02 bits per heavy atom. The van der Waals surface area contributed by atoms with Gasteiger partial charge in [0.1, 0.15) is 11.2 Å². The molecule has 3 heterocycles. The highest BCUT2D eigenvalue weighted by molar-refractivity contribution is 8.33. The van der Waals surface area contributed by atoms with Crippen LogP contribution in [0.1, 0.15) is 25.0 Å². The summed E-state index contributed by atoms with van der Waals surface area (Å²) in [4.78, 5) is 5.37. The van der Waals surface area contributed by atoms with Crippen LogP contribution in [0, 0.1) is 0 Å². The predicted octanol–water partition coefficient (Wildman–Crippen LogP) is 17.0. The summed E-state index contributed by atoms with van der Waals surface area (Å²) in [6.45, 7) is 4.75. The molecule has 1 aliphatic carbocycles. The van der Waals surface area contributed by atoms with E-state index < -0.39 is 10.0 Å². The van der Waals surface area contributed by atoms with Crippen molar-refractivity contribution in [3.05, 3.63) is 187 Å². The first-order valence-electron chi connectivity index (χ1n) is 21.1. The van der Waals surface area contributed by atoms with E-state index in [-0.39, 0.29) is 5.41 Å². The van der Waals surface area contributed by atoms with Crippen LogP contribution in [0.15, 0.2) is 190 Å². The Hall–Kier alpha value is -6.59. The van der Waals surface area contributed by atoms with E-state index >= 15 is 0 Å². The van der Waals surface area contributed by atoms with Crippen LogP contribution >= 0.6 is 21.4 Å². The van der Waals surface area contributed by atoms with Crippen molar-refractivity contribution < 1.29 is 4.42 Å². The second kappa shape index (κ2) is 12.5. The Bertz CT molecular complexity index is 3660. The molecule has 0 unspecified atom stereocenters. The topological polar surface area (TPSA) is 16.4 Å². The highest BCUT2D eigenvalue weighted by Gasteiger charge is 2.37. The Morgan fingerprint density at radius 2 is 1.13 bits per heavy atom. The summed E-state index contributed by atoms with van der Waals surface area (Å²) in [7, 11) is -1.20. The third kappa shape index (κ3) is 4.86. The first-order valence-corrected chi connectivity index (χ1v) is 24.3. The van der Waals surface area contributed by atoms with E-state index in [0.717, 1.165) is 27.9 Å². The number of anilines is 3. The van der Waals surface area contributed by atoms with Crippen molar-refractivity contribution in [1.82, 2.24) is 0 Å². The molecule has 61 heavy (non-hydrogen) atoms. The minimum atomic E-state index is -1.20. The molecule has 2 nitrogen and oxygen atoms in total. The van der Waals surface area contributed by atoms with Gasteiger partial charge < -0.3 is 9.32 Å². The van der Waals surface area contributed by atoms with E-state index in [1.54, 1.807) is 0 Å². The normalized spacial score (nSPS) is 15.0. The van der Waals surface area contributed by atoms with Crippen LogP contribution in [0.4, 0.5) is 17.1 Å². The zero-order valence-corrected chi connectivity index (χ0v) is 36.0. The molecule has 11 aromatic rings. The lowest BCUT2D eigenvalue weighted by Gasteiger charge is -2.31. The zero-order chi connectivity index (χ0) is 40.8. The minimum absolute atomic E-state index is 0.0915. The van der Waals surface area contributed by atoms with Gasteiger partial charge in [0.25, 0.3) is 0 Å². The van der Waals surface area contributed by atoms with Crippen LogP contribution in [0.5, 0.6) is 0 Å². The molecule has 0 saturated heterocycles. The summed E-state index contributed by atoms with van der Waals surface area (Å²) in [5.74, 6) is 0. The largest absolute Gasteiger partial charge is 0.455 e. The van der Waals surface area contributed by atoms with Crippen LogP contribution in [0.3, 0.4) is 0 Å². The van der Waals surface area contributed by atoms with Gasteiger partial charge in [-0.25, -0.2) is 0 Å². The number of nitrogens with zero attached hydrogens (tertiary/aromatic N) is 1. The van der Waals surface area contributed by atoms with Gasteiger partial charge in [-0.1, -0.05) is 129 Å². The molecule has 4 heteroatoms. The van der Waals surface area contributed by atoms with Crippen LogP contribution in [0.2, 0.25) is 0 Å². The van der Waals surface area contributed by atoms with Crippen molar-refractivity contribution in [1.29, 1.82) is 0 Å². The van der Waals surface area contributed by atoms with Crippen molar-refractivity contribution in [3.63, 3.8) is 0 Å². The third-order valence-electron chi connectivity index (χ3n) is 13.7. The van der Waals surface area contributed by atoms with Crippen molar-refractivity contribution in [3.8, 4) is 33.4 Å². The highest BCUT2D eigenvalue weighted by atomic mass is 32.3. The maximum atomic E-state index is 6.86. The molecule has 0 spiro atoms. The van der Waals surface area contributed by atoms with Crippen LogP contribution in [-0.4, -0.2) is 12.5 Å². The number of fused-ring (bicyclic) bond motifs is 15. The van der Waals surface area contributed by atoms with E-state index in [1.165, 1.54) is 96.3 Å². The number of rotatable bonds is 4. The molecule has 0 radical (unpaired) electrons. The monoisotopic (exact) mass is 819 g/mol. The van der Waals surface area contributed by atoms with Crippen molar-refractivity contribution >= 4 is 91.3 Å². The molecule has 9 aromatic carbocycles. The summed E-state index contributed by atoms with van der Waals surface area (Å²) >= 11 is 1.85. The average Bonchev–Trinajstić information content (AvgIpc) is 3.99. The molecule has 13 rings (SSSR count). The van der Waals surface area contributed by atoms with E-state index in [2.05, 4.69) is 207 Å². The molecule has 292 valence electrons. The fraction of sp³-hybridized carbons (Fsp3) is 0.0877. The van der Waals surface area contributed by atoms with Crippen LogP contribution in [-0.2, 0) is 5.41 Å². The molecule has 0 amide bonds. The molecule has 0 N–H and O–H groups in total. The number of thiophene rings is 1. The summed E-state index contributed by atoms with van der Waals surface area (Å²) in [6, 6.07) is 65.7. The lowest BCUT2D eigenvalue weighted by Crippen LogP contribution is -2.16. The summed E-state index contributed by atoms with van der Waals surface area (Å²) in [6.07, 6.45) is 4.90. The fourth-order valence-electron chi connectivity index (χ4n) is 10.8. The number of benzene rings is 9. The van der Waals surface area contributed by atoms with Gasteiger partial charge in [0.15, 0.2) is 0 Å². The average molecular weight is 820 g/mol. The van der Waals surface area contributed by atoms with Gasteiger partial charge in [0.2, 0.25) is 0 Å². The SMILES string of the molecule is CC1(C)c2ccccc2-c2cccc(-c3ccc(N(c4ccc5c(c4)S(C)(C)c4ccccc4-5)c4ccc5c(c4)sc4ccc6c7ccc8ccccc8c7oc6c45)cc3)c21. The summed E-state index contributed by atoms with van der Waals surface area (Å²) < 4.78 is 9.34. The molecule has 0 fully saturated rings. The van der Waals surface area contributed by atoms with Gasteiger partial charge in [-0.05, 0) is 123 Å². The van der Waals surface area contributed by atoms with E-state index in [4.69, 9.17) is 4.42 Å². The molecular formula is C57H41NOS2. The first-order chi connectivity index (χ1) is 29.8. The maximum absolute atomic E-state index is 6.86. The molecule has 0 bridgehead atoms. The molecule has 2 aliphatic rings. The van der Waals surface area contributed by atoms with Gasteiger partial charge in [-0.2, -0.15) is 10.0 Å². The Morgan fingerprint density at radius 1 is 0.475 bits per heavy atom. The molecule has 2 aromatic heterocycles. The van der Waals surface area contributed by atoms with Gasteiger partial charge in [-0.3, -0.25) is 0 Å². The van der Waals surface area contributed by atoms with Crippen molar-refractivity contribution in [2.24, 2.45) is 0 Å². The zero-order valence-electron chi connectivity index (χ0n) is 34.4. The first kappa shape index (κ1) is 35.2. The maximum Gasteiger partial charge on any atom is 0.144 e. The number of hydrogen-bond acceptors (Lipinski definition) is 3. The second-order valence-electron chi connectivity index (χ2n) is 17.6. The molecular weight excluding hydrogens is 779 g/mol. The Kier molecular flexibility index (Phi) is 7.20. The number of hydrogen-bond donors (Lipinski definition) is 0. The van der Waals surface area contributed by atoms with Gasteiger partial charge in [0.05, 0.1) is 0 Å². The van der Waals surface area contributed by atoms with Gasteiger partial charge >= 0.3 is 0 Å². The second-order valence-corrected chi connectivity index (χ2v) is 22.3. The van der Waals surface area contributed by atoms with Crippen molar-refractivity contribution in [2.45, 2.75) is 29.1 Å². The Labute approximate surface area is 360 Å². The quantitative estimate of drug-likeness (QED) is 0.176. The van der Waals surface area contributed by atoms with E-state index in [1.807, 2.05) is 11.3 Å². The molecule has 0 saturated carbocycles. The van der Waals surface area contributed by atoms with Crippen LogP contribution < -0.4 is 4.90 Å². The Balaban J connectivity index is 0.979.